The van der Waals surface area contributed by atoms with E-state index in [2.05, 4.69) is 22.0 Å². The van der Waals surface area contributed by atoms with Gasteiger partial charge in [-0.3, -0.25) is 4.68 Å². The second-order valence-electron chi connectivity index (χ2n) is 2.78. The van der Waals surface area contributed by atoms with Gasteiger partial charge in [0.2, 0.25) is 0 Å². The molecule has 0 spiro atoms. The highest BCUT2D eigenvalue weighted by Crippen LogP contribution is 1.93. The summed E-state index contributed by atoms with van der Waals surface area (Å²) in [5.74, 6) is 0.843. The van der Waals surface area contributed by atoms with Crippen LogP contribution in [0, 0.1) is 0 Å². The van der Waals surface area contributed by atoms with Crippen molar-refractivity contribution in [2.75, 3.05) is 13.1 Å². The highest BCUT2D eigenvalue weighted by molar-refractivity contribution is 6.29. The Bertz CT molecular complexity index is 281. The summed E-state index contributed by atoms with van der Waals surface area (Å²) in [7, 11) is 1.85. The number of halogens is 1. The Morgan fingerprint density at radius 3 is 3.08 bits per heavy atom. The number of hydrogen-bond donors (Lipinski definition) is 1. The van der Waals surface area contributed by atoms with Crippen molar-refractivity contribution in [3.05, 3.63) is 23.8 Å². The van der Waals surface area contributed by atoms with E-state index in [1.165, 1.54) is 0 Å². The number of nitrogens with one attached hydrogen (secondary N) is 1. The fraction of sp³-hybridized carbons (Fsp3) is 0.500. The normalized spacial score (nSPS) is 10.3. The first kappa shape index (κ1) is 10.2. The molecule has 1 aromatic rings. The van der Waals surface area contributed by atoms with Crippen LogP contribution >= 0.6 is 11.6 Å². The van der Waals surface area contributed by atoms with E-state index in [9.17, 15) is 0 Å². The van der Waals surface area contributed by atoms with Crippen LogP contribution in [-0.4, -0.2) is 27.9 Å². The summed E-state index contributed by atoms with van der Waals surface area (Å²) in [5, 5.41) is 7.88. The summed E-state index contributed by atoms with van der Waals surface area (Å²) in [6.45, 7) is 5.02. The fourth-order valence-corrected chi connectivity index (χ4v) is 1.02. The quantitative estimate of drug-likeness (QED) is 0.712. The van der Waals surface area contributed by atoms with Crippen molar-refractivity contribution in [1.29, 1.82) is 0 Å². The maximum atomic E-state index is 5.57. The SMILES string of the molecule is C=C(Cl)CNCCc1ncn(C)n1. The molecule has 72 valence electrons. The van der Waals surface area contributed by atoms with Crippen LogP contribution in [0.1, 0.15) is 5.82 Å². The average molecular weight is 201 g/mol. The first-order valence-corrected chi connectivity index (χ1v) is 4.45. The van der Waals surface area contributed by atoms with E-state index >= 15 is 0 Å². The van der Waals surface area contributed by atoms with Gasteiger partial charge in [-0.25, -0.2) is 4.98 Å². The maximum Gasteiger partial charge on any atom is 0.151 e. The fourth-order valence-electron chi connectivity index (χ4n) is 0.923. The van der Waals surface area contributed by atoms with Gasteiger partial charge in [0.1, 0.15) is 6.33 Å². The molecule has 0 atom stereocenters. The molecule has 0 saturated carbocycles. The third-order valence-electron chi connectivity index (χ3n) is 1.49. The maximum absolute atomic E-state index is 5.57. The molecular weight excluding hydrogens is 188 g/mol. The lowest BCUT2D eigenvalue weighted by Gasteiger charge is -1.99. The van der Waals surface area contributed by atoms with Gasteiger partial charge in [0.25, 0.3) is 0 Å². The summed E-state index contributed by atoms with van der Waals surface area (Å²) in [5.41, 5.74) is 0. The second kappa shape index (κ2) is 4.99. The average Bonchev–Trinajstić information content (AvgIpc) is 2.45. The van der Waals surface area contributed by atoms with Crippen molar-refractivity contribution in [3.8, 4) is 0 Å². The lowest BCUT2D eigenvalue weighted by molar-refractivity contribution is 0.694. The van der Waals surface area contributed by atoms with Gasteiger partial charge in [-0.15, -0.1) is 0 Å². The van der Waals surface area contributed by atoms with Crippen LogP contribution in [0.15, 0.2) is 17.9 Å². The Hall–Kier alpha value is -0.870. The van der Waals surface area contributed by atoms with E-state index in [0.29, 0.717) is 11.6 Å². The number of aryl methyl sites for hydroxylation is 1. The van der Waals surface area contributed by atoms with Crippen LogP contribution in [0.4, 0.5) is 0 Å². The molecule has 1 rings (SSSR count). The van der Waals surface area contributed by atoms with Gasteiger partial charge in [-0.05, 0) is 0 Å². The van der Waals surface area contributed by atoms with E-state index in [0.717, 1.165) is 18.8 Å². The minimum absolute atomic E-state index is 0.619. The van der Waals surface area contributed by atoms with Crippen LogP contribution in [0.2, 0.25) is 0 Å². The van der Waals surface area contributed by atoms with Crippen LogP contribution in [0.25, 0.3) is 0 Å². The Morgan fingerprint density at radius 2 is 2.54 bits per heavy atom. The Kier molecular flexibility index (Phi) is 3.92. The van der Waals surface area contributed by atoms with Crippen LogP contribution in [0.3, 0.4) is 0 Å². The van der Waals surface area contributed by atoms with Gasteiger partial charge >= 0.3 is 0 Å². The van der Waals surface area contributed by atoms with Crippen molar-refractivity contribution in [2.24, 2.45) is 7.05 Å². The molecule has 4 nitrogen and oxygen atoms in total. The molecule has 0 fully saturated rings. The van der Waals surface area contributed by atoms with E-state index in [1.54, 1.807) is 11.0 Å². The van der Waals surface area contributed by atoms with Crippen molar-refractivity contribution in [3.63, 3.8) is 0 Å². The predicted molar refractivity (Wildman–Crippen MR) is 52.6 cm³/mol. The number of nitrogens with zero attached hydrogens (tertiary/aromatic N) is 3. The molecule has 0 aromatic carbocycles. The third kappa shape index (κ3) is 4.05. The standard InChI is InChI=1S/C8H13ClN4/c1-7(9)5-10-4-3-8-11-6-13(2)12-8/h6,10H,1,3-5H2,2H3. The summed E-state index contributed by atoms with van der Waals surface area (Å²) in [6, 6.07) is 0. The summed E-state index contributed by atoms with van der Waals surface area (Å²) >= 11 is 5.57. The molecule has 0 saturated heterocycles. The first-order valence-electron chi connectivity index (χ1n) is 4.07. The van der Waals surface area contributed by atoms with E-state index in [-0.39, 0.29) is 0 Å². The molecular formula is C8H13ClN4. The van der Waals surface area contributed by atoms with Gasteiger partial charge in [-0.1, -0.05) is 18.2 Å². The molecule has 0 bridgehead atoms. The van der Waals surface area contributed by atoms with Crippen LogP contribution < -0.4 is 5.32 Å². The van der Waals surface area contributed by atoms with Gasteiger partial charge in [0.15, 0.2) is 5.82 Å². The lowest BCUT2D eigenvalue weighted by atomic mass is 10.4. The lowest BCUT2D eigenvalue weighted by Crippen LogP contribution is -2.18. The molecule has 0 unspecified atom stereocenters. The topological polar surface area (TPSA) is 42.7 Å². The van der Waals surface area contributed by atoms with Crippen molar-refractivity contribution in [1.82, 2.24) is 20.1 Å². The highest BCUT2D eigenvalue weighted by Gasteiger charge is 1.97. The molecule has 0 aliphatic rings. The first-order chi connectivity index (χ1) is 6.18. The molecule has 0 amide bonds. The zero-order valence-electron chi connectivity index (χ0n) is 7.63. The molecule has 1 aromatic heterocycles. The van der Waals surface area contributed by atoms with E-state index in [4.69, 9.17) is 11.6 Å². The van der Waals surface area contributed by atoms with Gasteiger partial charge in [0.05, 0.1) is 0 Å². The van der Waals surface area contributed by atoms with Gasteiger partial charge in [-0.2, -0.15) is 5.10 Å². The van der Waals surface area contributed by atoms with Crippen LogP contribution in [-0.2, 0) is 13.5 Å². The molecule has 1 heterocycles. The predicted octanol–water partition coefficient (Wildman–Crippen LogP) is 0.700. The number of rotatable bonds is 5. The number of hydrogen-bond acceptors (Lipinski definition) is 3. The summed E-state index contributed by atoms with van der Waals surface area (Å²) in [6.07, 6.45) is 2.50. The smallest absolute Gasteiger partial charge is 0.151 e. The summed E-state index contributed by atoms with van der Waals surface area (Å²) < 4.78 is 1.69. The van der Waals surface area contributed by atoms with Gasteiger partial charge < -0.3 is 5.32 Å². The molecule has 5 heteroatoms. The monoisotopic (exact) mass is 200 g/mol. The van der Waals surface area contributed by atoms with Crippen molar-refractivity contribution < 1.29 is 0 Å². The molecule has 0 aliphatic carbocycles. The Balaban J connectivity index is 2.16. The molecule has 0 aliphatic heterocycles. The Morgan fingerprint density at radius 1 is 1.77 bits per heavy atom. The Labute approximate surface area is 82.6 Å². The van der Waals surface area contributed by atoms with E-state index in [1.807, 2.05) is 7.05 Å². The number of aromatic nitrogens is 3. The van der Waals surface area contributed by atoms with Crippen LogP contribution in [0.5, 0.6) is 0 Å². The van der Waals surface area contributed by atoms with E-state index < -0.39 is 0 Å². The minimum atomic E-state index is 0.619. The molecule has 1 N–H and O–H groups in total. The zero-order chi connectivity index (χ0) is 9.68. The second-order valence-corrected chi connectivity index (χ2v) is 3.31. The van der Waals surface area contributed by atoms with Crippen molar-refractivity contribution >= 4 is 11.6 Å². The molecule has 0 radical (unpaired) electrons. The minimum Gasteiger partial charge on any atom is -0.311 e. The highest BCUT2D eigenvalue weighted by atomic mass is 35.5. The largest absolute Gasteiger partial charge is 0.311 e. The molecule has 13 heavy (non-hydrogen) atoms. The van der Waals surface area contributed by atoms with Gasteiger partial charge in [0, 0.05) is 31.6 Å². The zero-order valence-corrected chi connectivity index (χ0v) is 8.38. The van der Waals surface area contributed by atoms with Crippen molar-refractivity contribution in [2.45, 2.75) is 6.42 Å². The summed E-state index contributed by atoms with van der Waals surface area (Å²) in [4.78, 5) is 4.09. The third-order valence-corrected chi connectivity index (χ3v) is 1.62.